The number of ketones is 1. The van der Waals surface area contributed by atoms with Crippen molar-refractivity contribution < 1.29 is 24.2 Å². The number of hydrogen-bond acceptors (Lipinski definition) is 4. The quantitative estimate of drug-likeness (QED) is 0.473. The Morgan fingerprint density at radius 1 is 1.33 bits per heavy atom. The highest BCUT2D eigenvalue weighted by atomic mass is 16.5. The summed E-state index contributed by atoms with van der Waals surface area (Å²) in [5.41, 5.74) is 0. The maximum Gasteiger partial charge on any atom is 0.317 e. The van der Waals surface area contributed by atoms with E-state index in [4.69, 9.17) is 5.11 Å². The maximum atomic E-state index is 10.6. The largest absolute Gasteiger partial charge is 0.481 e. The Bertz CT molecular complexity index is 194. The van der Waals surface area contributed by atoms with Gasteiger partial charge in [-0.1, -0.05) is 0 Å². The van der Waals surface area contributed by atoms with E-state index in [1.807, 2.05) is 0 Å². The number of carboxylic acid groups (broad SMARTS) is 1. The molecular formula is C7H10O5. The molecule has 0 rings (SSSR count). The molecule has 1 unspecified atom stereocenters. The Kier molecular flexibility index (Phi) is 3.96. The van der Waals surface area contributed by atoms with Crippen molar-refractivity contribution in [2.45, 2.75) is 13.8 Å². The van der Waals surface area contributed by atoms with E-state index in [9.17, 15) is 14.4 Å². The van der Waals surface area contributed by atoms with Gasteiger partial charge in [0.05, 0.1) is 0 Å². The van der Waals surface area contributed by atoms with Crippen molar-refractivity contribution >= 4 is 17.7 Å². The van der Waals surface area contributed by atoms with Crippen LogP contribution in [0.2, 0.25) is 0 Å². The molecule has 0 amide bonds. The Labute approximate surface area is 69.3 Å². The molecule has 0 saturated heterocycles. The molecule has 0 radical (unpaired) electrons. The van der Waals surface area contributed by atoms with Gasteiger partial charge < -0.3 is 9.84 Å². The van der Waals surface area contributed by atoms with Gasteiger partial charge in [0.25, 0.3) is 0 Å². The van der Waals surface area contributed by atoms with Crippen LogP contribution in [0, 0.1) is 5.92 Å². The fraction of sp³-hybridized carbons (Fsp3) is 0.571. The van der Waals surface area contributed by atoms with Gasteiger partial charge in [-0.05, 0) is 6.92 Å². The molecule has 1 N–H and O–H groups in total. The molecule has 0 aliphatic carbocycles. The summed E-state index contributed by atoms with van der Waals surface area (Å²) < 4.78 is 4.39. The fourth-order valence-electron chi connectivity index (χ4n) is 0.563. The van der Waals surface area contributed by atoms with Crippen LogP contribution in [-0.2, 0) is 19.1 Å². The van der Waals surface area contributed by atoms with Crippen molar-refractivity contribution in [3.05, 3.63) is 0 Å². The zero-order valence-corrected chi connectivity index (χ0v) is 6.86. The fourth-order valence-corrected chi connectivity index (χ4v) is 0.563. The molecule has 5 heteroatoms. The van der Waals surface area contributed by atoms with Crippen LogP contribution in [0.3, 0.4) is 0 Å². The summed E-state index contributed by atoms with van der Waals surface area (Å²) in [6.45, 7) is 1.90. The van der Waals surface area contributed by atoms with Crippen molar-refractivity contribution in [1.29, 1.82) is 0 Å². The minimum atomic E-state index is -1.27. The Balaban J connectivity index is 4.06. The van der Waals surface area contributed by atoms with Crippen molar-refractivity contribution in [3.8, 4) is 0 Å². The highest BCUT2D eigenvalue weighted by Crippen LogP contribution is 1.99. The monoisotopic (exact) mass is 174 g/mol. The molecular weight excluding hydrogens is 164 g/mol. The summed E-state index contributed by atoms with van der Waals surface area (Å²) in [7, 11) is 0. The van der Waals surface area contributed by atoms with Crippen LogP contribution in [-0.4, -0.2) is 29.4 Å². The van der Waals surface area contributed by atoms with Crippen LogP contribution in [0.15, 0.2) is 0 Å². The minimum Gasteiger partial charge on any atom is -0.481 e. The molecule has 0 saturated carbocycles. The van der Waals surface area contributed by atoms with Gasteiger partial charge in [-0.3, -0.25) is 14.4 Å². The Morgan fingerprint density at radius 3 is 2.08 bits per heavy atom. The van der Waals surface area contributed by atoms with E-state index in [2.05, 4.69) is 4.74 Å². The predicted molar refractivity (Wildman–Crippen MR) is 38.4 cm³/mol. The van der Waals surface area contributed by atoms with E-state index in [0.717, 1.165) is 13.8 Å². The van der Waals surface area contributed by atoms with Gasteiger partial charge in [-0.15, -0.1) is 0 Å². The summed E-state index contributed by atoms with van der Waals surface area (Å²) in [5, 5.41) is 8.44. The van der Waals surface area contributed by atoms with Crippen molar-refractivity contribution in [2.75, 3.05) is 6.61 Å². The van der Waals surface area contributed by atoms with Crippen LogP contribution in [0.4, 0.5) is 0 Å². The first kappa shape index (κ1) is 10.6. The first-order chi connectivity index (χ1) is 5.45. The van der Waals surface area contributed by atoms with E-state index in [0.29, 0.717) is 0 Å². The molecule has 0 aromatic heterocycles. The zero-order chi connectivity index (χ0) is 9.72. The van der Waals surface area contributed by atoms with E-state index in [-0.39, 0.29) is 6.61 Å². The standard InChI is InChI=1S/C7H10O5/c1-4(8)6(7(10)11)3-12-5(2)9/h6H,3H2,1-2H3,(H,10,11). The highest BCUT2D eigenvalue weighted by Gasteiger charge is 2.23. The lowest BCUT2D eigenvalue weighted by Crippen LogP contribution is -2.27. The average Bonchev–Trinajstić information content (AvgIpc) is 1.84. The lowest BCUT2D eigenvalue weighted by atomic mass is 10.1. The van der Waals surface area contributed by atoms with E-state index in [1.165, 1.54) is 0 Å². The second-order valence-electron chi connectivity index (χ2n) is 2.30. The lowest BCUT2D eigenvalue weighted by molar-refractivity contribution is -0.152. The second kappa shape index (κ2) is 4.48. The van der Waals surface area contributed by atoms with Crippen LogP contribution in [0.5, 0.6) is 0 Å². The summed E-state index contributed by atoms with van der Waals surface area (Å²) >= 11 is 0. The number of carbonyl (C=O) groups excluding carboxylic acids is 2. The molecule has 5 nitrogen and oxygen atoms in total. The van der Waals surface area contributed by atoms with Gasteiger partial charge in [0.2, 0.25) is 0 Å². The average molecular weight is 174 g/mol. The number of ether oxygens (including phenoxy) is 1. The third-order valence-corrected chi connectivity index (χ3v) is 1.24. The molecule has 0 fully saturated rings. The van der Waals surface area contributed by atoms with Crippen molar-refractivity contribution in [3.63, 3.8) is 0 Å². The van der Waals surface area contributed by atoms with Crippen LogP contribution < -0.4 is 0 Å². The SMILES string of the molecule is CC(=O)OCC(C(C)=O)C(=O)O. The number of carboxylic acids is 1. The van der Waals surface area contributed by atoms with Gasteiger partial charge in [-0.25, -0.2) is 0 Å². The Morgan fingerprint density at radius 2 is 1.83 bits per heavy atom. The molecule has 0 bridgehead atoms. The Hall–Kier alpha value is -1.39. The summed E-state index contributed by atoms with van der Waals surface area (Å²) in [6, 6.07) is 0. The van der Waals surface area contributed by atoms with Crippen LogP contribution >= 0.6 is 0 Å². The molecule has 0 spiro atoms. The van der Waals surface area contributed by atoms with Gasteiger partial charge in [0, 0.05) is 6.92 Å². The molecule has 1 atom stereocenters. The molecule has 0 aromatic carbocycles. The van der Waals surface area contributed by atoms with E-state index < -0.39 is 23.6 Å². The third kappa shape index (κ3) is 3.70. The van der Waals surface area contributed by atoms with Gasteiger partial charge in [-0.2, -0.15) is 0 Å². The van der Waals surface area contributed by atoms with Crippen molar-refractivity contribution in [1.82, 2.24) is 0 Å². The lowest BCUT2D eigenvalue weighted by Gasteiger charge is -2.07. The molecule has 0 aliphatic rings. The number of hydrogen-bond donors (Lipinski definition) is 1. The van der Waals surface area contributed by atoms with Gasteiger partial charge >= 0.3 is 11.9 Å². The van der Waals surface area contributed by atoms with Gasteiger partial charge in [0.15, 0.2) is 0 Å². The minimum absolute atomic E-state index is 0.389. The summed E-state index contributed by atoms with van der Waals surface area (Å²) in [4.78, 5) is 31.2. The normalized spacial score (nSPS) is 11.8. The first-order valence-corrected chi connectivity index (χ1v) is 3.31. The maximum absolute atomic E-state index is 10.6. The number of Topliss-reactive ketones (excluding diaryl/α,β-unsaturated/α-hetero) is 1. The number of carbonyl (C=O) groups is 3. The topological polar surface area (TPSA) is 80.7 Å². The molecule has 0 aromatic rings. The number of aliphatic carboxylic acids is 1. The van der Waals surface area contributed by atoms with Gasteiger partial charge in [0.1, 0.15) is 18.3 Å². The van der Waals surface area contributed by atoms with E-state index >= 15 is 0 Å². The summed E-state index contributed by atoms with van der Waals surface area (Å²) in [5.74, 6) is -3.64. The smallest absolute Gasteiger partial charge is 0.317 e. The van der Waals surface area contributed by atoms with Crippen LogP contribution in [0.25, 0.3) is 0 Å². The van der Waals surface area contributed by atoms with Crippen molar-refractivity contribution in [2.24, 2.45) is 5.92 Å². The third-order valence-electron chi connectivity index (χ3n) is 1.24. The molecule has 68 valence electrons. The first-order valence-electron chi connectivity index (χ1n) is 3.31. The van der Waals surface area contributed by atoms with Crippen LogP contribution in [0.1, 0.15) is 13.8 Å². The van der Waals surface area contributed by atoms with E-state index in [1.54, 1.807) is 0 Å². The predicted octanol–water partition coefficient (Wildman–Crippen LogP) is -0.161. The highest BCUT2D eigenvalue weighted by molar-refractivity contribution is 5.97. The number of rotatable bonds is 4. The molecule has 12 heavy (non-hydrogen) atoms. The summed E-state index contributed by atoms with van der Waals surface area (Å²) in [6.07, 6.45) is 0. The molecule has 0 heterocycles. The molecule has 0 aliphatic heterocycles. The second-order valence-corrected chi connectivity index (χ2v) is 2.30. The number of esters is 1. The zero-order valence-electron chi connectivity index (χ0n) is 6.86.